The zero-order valence-electron chi connectivity index (χ0n) is 17.0. The fourth-order valence-corrected chi connectivity index (χ4v) is 4.96. The Kier molecular flexibility index (Phi) is 5.45. The molecule has 0 unspecified atom stereocenters. The van der Waals surface area contributed by atoms with Crippen molar-refractivity contribution in [3.05, 3.63) is 69.4 Å². The zero-order chi connectivity index (χ0) is 20.3. The lowest BCUT2D eigenvalue weighted by atomic mass is 9.99. The van der Waals surface area contributed by atoms with Crippen LogP contribution < -0.4 is 4.90 Å². The minimum Gasteiger partial charge on any atom is -0.341 e. The molecule has 6 nitrogen and oxygen atoms in total. The van der Waals surface area contributed by atoms with E-state index in [4.69, 9.17) is 9.97 Å². The van der Waals surface area contributed by atoms with Crippen molar-refractivity contribution in [1.29, 1.82) is 0 Å². The van der Waals surface area contributed by atoms with Gasteiger partial charge < -0.3 is 9.80 Å². The molecular formula is C23H25N5OS. The maximum atomic E-state index is 12.9. The molecule has 0 N–H and O–H groups in total. The topological polar surface area (TPSA) is 62.2 Å². The number of hydrogen-bond acceptors (Lipinski definition) is 6. The molecule has 30 heavy (non-hydrogen) atoms. The Morgan fingerprint density at radius 2 is 1.97 bits per heavy atom. The van der Waals surface area contributed by atoms with Gasteiger partial charge in [0.25, 0.3) is 5.91 Å². The highest BCUT2D eigenvalue weighted by Gasteiger charge is 2.27. The second kappa shape index (κ2) is 8.52. The van der Waals surface area contributed by atoms with E-state index < -0.39 is 0 Å². The summed E-state index contributed by atoms with van der Waals surface area (Å²) < 4.78 is 0. The average molecular weight is 420 g/mol. The molecule has 1 saturated heterocycles. The molecule has 0 aromatic carbocycles. The highest BCUT2D eigenvalue weighted by atomic mass is 32.1. The number of hydrogen-bond donors (Lipinski definition) is 0. The first-order valence-corrected chi connectivity index (χ1v) is 11.5. The van der Waals surface area contributed by atoms with Crippen LogP contribution >= 0.6 is 11.3 Å². The van der Waals surface area contributed by atoms with Crippen LogP contribution in [0.25, 0.3) is 0 Å². The Morgan fingerprint density at radius 1 is 1.07 bits per heavy atom. The Bertz CT molecular complexity index is 1020. The van der Waals surface area contributed by atoms with Gasteiger partial charge in [-0.2, -0.15) is 0 Å². The normalized spacial score (nSPS) is 16.0. The molecule has 3 aromatic heterocycles. The molecule has 2 aliphatic heterocycles. The van der Waals surface area contributed by atoms with Crippen molar-refractivity contribution in [3.8, 4) is 0 Å². The fraction of sp³-hybridized carbons (Fsp3) is 0.391. The van der Waals surface area contributed by atoms with Crippen LogP contribution in [0.2, 0.25) is 0 Å². The van der Waals surface area contributed by atoms with Crippen molar-refractivity contribution in [2.75, 3.05) is 24.5 Å². The van der Waals surface area contributed by atoms with Crippen LogP contribution in [0.15, 0.2) is 42.0 Å². The van der Waals surface area contributed by atoms with E-state index in [1.165, 1.54) is 29.7 Å². The molecule has 0 radical (unpaired) electrons. The Morgan fingerprint density at radius 3 is 2.73 bits per heavy atom. The van der Waals surface area contributed by atoms with Gasteiger partial charge in [0, 0.05) is 50.6 Å². The second-order valence-corrected chi connectivity index (χ2v) is 8.85. The molecule has 154 valence electrons. The lowest BCUT2D eigenvalue weighted by Gasteiger charge is -2.30. The summed E-state index contributed by atoms with van der Waals surface area (Å²) in [7, 11) is 0. The van der Waals surface area contributed by atoms with Crippen molar-refractivity contribution < 1.29 is 4.79 Å². The van der Waals surface area contributed by atoms with Crippen LogP contribution in [-0.2, 0) is 25.8 Å². The van der Waals surface area contributed by atoms with E-state index in [1.54, 1.807) is 6.20 Å². The predicted octanol–water partition coefficient (Wildman–Crippen LogP) is 3.52. The second-order valence-electron chi connectivity index (χ2n) is 7.90. The number of rotatable bonds is 5. The number of aryl methyl sites for hydroxylation is 2. The molecule has 0 spiro atoms. The quantitative estimate of drug-likeness (QED) is 0.633. The fourth-order valence-electron chi connectivity index (χ4n) is 4.27. The first-order chi connectivity index (χ1) is 14.8. The zero-order valence-corrected chi connectivity index (χ0v) is 17.8. The summed E-state index contributed by atoms with van der Waals surface area (Å²) in [6, 6.07) is 7.91. The van der Waals surface area contributed by atoms with E-state index in [-0.39, 0.29) is 5.91 Å². The van der Waals surface area contributed by atoms with E-state index in [2.05, 4.69) is 16.0 Å². The molecule has 5 rings (SSSR count). The number of nitrogens with zero attached hydrogens (tertiary/aromatic N) is 5. The molecule has 0 bridgehead atoms. The van der Waals surface area contributed by atoms with Crippen molar-refractivity contribution >= 4 is 23.2 Å². The Labute approximate surface area is 180 Å². The molecule has 1 fully saturated rings. The number of carbonyl (C=O) groups excluding carboxylic acids is 1. The maximum Gasteiger partial charge on any atom is 0.264 e. The number of pyridine rings is 1. The third-order valence-corrected chi connectivity index (χ3v) is 6.77. The molecular weight excluding hydrogens is 394 g/mol. The van der Waals surface area contributed by atoms with Crippen LogP contribution in [0.3, 0.4) is 0 Å². The standard InChI is InChI=1S/C23H25N5OS/c29-22(21-6-4-14-30-21)28-13-9-20-18(16-28)19(8-7-17-5-3-10-24-15-17)25-23(26-20)27-11-1-2-12-27/h3-6,10,14-15H,1-2,7-9,11-13,16H2. The summed E-state index contributed by atoms with van der Waals surface area (Å²) in [6.07, 6.45) is 8.63. The van der Waals surface area contributed by atoms with E-state index in [9.17, 15) is 4.79 Å². The van der Waals surface area contributed by atoms with Gasteiger partial charge in [-0.25, -0.2) is 9.97 Å². The van der Waals surface area contributed by atoms with Gasteiger partial charge in [-0.05, 0) is 48.8 Å². The van der Waals surface area contributed by atoms with Crippen LogP contribution in [0, 0.1) is 0 Å². The first kappa shape index (κ1) is 19.2. The molecule has 3 aromatic rings. The summed E-state index contributed by atoms with van der Waals surface area (Å²) in [4.78, 5) is 32.1. The third-order valence-electron chi connectivity index (χ3n) is 5.92. The van der Waals surface area contributed by atoms with Gasteiger partial charge in [-0.15, -0.1) is 11.3 Å². The molecule has 0 saturated carbocycles. The Hall–Kier alpha value is -2.80. The van der Waals surface area contributed by atoms with Gasteiger partial charge in [0.2, 0.25) is 5.95 Å². The minimum absolute atomic E-state index is 0.109. The summed E-state index contributed by atoms with van der Waals surface area (Å²) in [6.45, 7) is 3.37. The number of anilines is 1. The largest absolute Gasteiger partial charge is 0.341 e. The minimum atomic E-state index is 0.109. The van der Waals surface area contributed by atoms with Gasteiger partial charge in [-0.3, -0.25) is 9.78 Å². The average Bonchev–Trinajstić information content (AvgIpc) is 3.52. The van der Waals surface area contributed by atoms with Crippen molar-refractivity contribution in [2.45, 2.75) is 38.6 Å². The molecule has 7 heteroatoms. The number of amides is 1. The van der Waals surface area contributed by atoms with E-state index in [0.29, 0.717) is 13.1 Å². The van der Waals surface area contributed by atoms with E-state index in [0.717, 1.165) is 60.1 Å². The van der Waals surface area contributed by atoms with E-state index >= 15 is 0 Å². The summed E-state index contributed by atoms with van der Waals surface area (Å²) in [5.41, 5.74) is 4.53. The third kappa shape index (κ3) is 3.94. The summed E-state index contributed by atoms with van der Waals surface area (Å²) >= 11 is 1.50. The van der Waals surface area contributed by atoms with Crippen LogP contribution in [0.5, 0.6) is 0 Å². The van der Waals surface area contributed by atoms with E-state index in [1.807, 2.05) is 34.7 Å². The van der Waals surface area contributed by atoms with Gasteiger partial charge in [0.05, 0.1) is 16.3 Å². The number of thiophene rings is 1. The number of carbonyl (C=O) groups is 1. The molecule has 0 atom stereocenters. The van der Waals surface area contributed by atoms with Gasteiger partial charge in [0.1, 0.15) is 0 Å². The maximum absolute atomic E-state index is 12.9. The van der Waals surface area contributed by atoms with Crippen LogP contribution in [0.1, 0.15) is 45.0 Å². The van der Waals surface area contributed by atoms with Gasteiger partial charge in [-0.1, -0.05) is 12.1 Å². The Balaban J connectivity index is 1.44. The number of fused-ring (bicyclic) bond motifs is 1. The van der Waals surface area contributed by atoms with Gasteiger partial charge in [0.15, 0.2) is 0 Å². The van der Waals surface area contributed by atoms with Crippen molar-refractivity contribution in [2.24, 2.45) is 0 Å². The monoisotopic (exact) mass is 419 g/mol. The smallest absolute Gasteiger partial charge is 0.264 e. The SMILES string of the molecule is O=C(c1cccs1)N1CCc2nc(N3CCCC3)nc(CCc3cccnc3)c2C1. The molecule has 0 aliphatic carbocycles. The number of aromatic nitrogens is 3. The highest BCUT2D eigenvalue weighted by molar-refractivity contribution is 7.12. The van der Waals surface area contributed by atoms with Crippen molar-refractivity contribution in [3.63, 3.8) is 0 Å². The highest BCUT2D eigenvalue weighted by Crippen LogP contribution is 2.27. The summed E-state index contributed by atoms with van der Waals surface area (Å²) in [5, 5.41) is 1.95. The predicted molar refractivity (Wildman–Crippen MR) is 118 cm³/mol. The lowest BCUT2D eigenvalue weighted by molar-refractivity contribution is 0.0737. The molecule has 1 amide bonds. The lowest BCUT2D eigenvalue weighted by Crippen LogP contribution is -2.37. The van der Waals surface area contributed by atoms with Crippen LogP contribution in [-0.4, -0.2) is 45.4 Å². The van der Waals surface area contributed by atoms with Gasteiger partial charge >= 0.3 is 0 Å². The first-order valence-electron chi connectivity index (χ1n) is 10.6. The summed E-state index contributed by atoms with van der Waals surface area (Å²) in [5.74, 6) is 0.975. The molecule has 5 heterocycles. The van der Waals surface area contributed by atoms with Crippen LogP contribution in [0.4, 0.5) is 5.95 Å². The molecule has 2 aliphatic rings. The van der Waals surface area contributed by atoms with Crippen molar-refractivity contribution in [1.82, 2.24) is 19.9 Å².